The van der Waals surface area contributed by atoms with Gasteiger partial charge in [-0.15, -0.1) is 0 Å². The van der Waals surface area contributed by atoms with E-state index in [-0.39, 0.29) is 17.2 Å². The molecule has 0 spiro atoms. The number of nitrogens with one attached hydrogen (secondary N) is 1. The number of carbonyl (C=O) groups excluding carboxylic acids is 1. The lowest BCUT2D eigenvalue weighted by atomic mass is 9.76. The van der Waals surface area contributed by atoms with Gasteiger partial charge >= 0.3 is 5.97 Å². The van der Waals surface area contributed by atoms with Gasteiger partial charge in [-0.05, 0) is 36.5 Å². The molecule has 21 heavy (non-hydrogen) atoms. The van der Waals surface area contributed by atoms with Gasteiger partial charge in [0.15, 0.2) is 0 Å². The fourth-order valence-corrected chi connectivity index (χ4v) is 3.66. The third-order valence-corrected chi connectivity index (χ3v) is 4.28. The second-order valence-corrected chi connectivity index (χ2v) is 8.21. The van der Waals surface area contributed by atoms with E-state index in [1.165, 1.54) is 0 Å². The Hall–Kier alpha value is -1.06. The van der Waals surface area contributed by atoms with Gasteiger partial charge in [0.25, 0.3) is 0 Å². The molecule has 1 fully saturated rings. The normalized spacial score (nSPS) is 28.0. The Morgan fingerprint density at radius 3 is 2.48 bits per heavy atom. The highest BCUT2D eigenvalue weighted by Gasteiger charge is 2.43. The maximum absolute atomic E-state index is 12.2. The highest BCUT2D eigenvalue weighted by molar-refractivity contribution is 5.87. The molecule has 1 rings (SSSR count). The van der Waals surface area contributed by atoms with Crippen LogP contribution in [0.1, 0.15) is 73.1 Å². The van der Waals surface area contributed by atoms with Crippen LogP contribution in [-0.4, -0.2) is 22.5 Å². The van der Waals surface area contributed by atoms with Crippen molar-refractivity contribution in [2.24, 2.45) is 17.3 Å². The van der Waals surface area contributed by atoms with Crippen LogP contribution < -0.4 is 5.32 Å². The van der Waals surface area contributed by atoms with Gasteiger partial charge in [-0.25, -0.2) is 4.79 Å². The van der Waals surface area contributed by atoms with Crippen LogP contribution in [0.15, 0.2) is 0 Å². The monoisotopic (exact) mass is 297 g/mol. The van der Waals surface area contributed by atoms with E-state index in [0.29, 0.717) is 25.2 Å². The van der Waals surface area contributed by atoms with Crippen molar-refractivity contribution in [2.45, 2.75) is 78.7 Å². The van der Waals surface area contributed by atoms with E-state index < -0.39 is 11.5 Å². The van der Waals surface area contributed by atoms with Crippen molar-refractivity contribution in [3.8, 4) is 0 Å². The largest absolute Gasteiger partial charge is 0.480 e. The molecule has 1 aliphatic rings. The van der Waals surface area contributed by atoms with Crippen molar-refractivity contribution in [3.05, 3.63) is 0 Å². The number of hydrogen-bond donors (Lipinski definition) is 2. The molecule has 1 saturated carbocycles. The summed E-state index contributed by atoms with van der Waals surface area (Å²) in [5.74, 6) is -0.395. The minimum Gasteiger partial charge on any atom is -0.480 e. The molecule has 122 valence electrons. The van der Waals surface area contributed by atoms with Crippen LogP contribution in [0.4, 0.5) is 0 Å². The molecule has 0 heterocycles. The number of carbonyl (C=O) groups is 2. The fourth-order valence-electron chi connectivity index (χ4n) is 3.66. The van der Waals surface area contributed by atoms with Crippen molar-refractivity contribution < 1.29 is 14.7 Å². The lowest BCUT2D eigenvalue weighted by Crippen LogP contribution is -2.57. The Bertz CT molecular complexity index is 386. The summed E-state index contributed by atoms with van der Waals surface area (Å²) in [4.78, 5) is 23.9. The van der Waals surface area contributed by atoms with Crippen molar-refractivity contribution in [3.63, 3.8) is 0 Å². The molecule has 1 amide bonds. The first-order valence-electron chi connectivity index (χ1n) is 8.08. The van der Waals surface area contributed by atoms with E-state index in [4.69, 9.17) is 0 Å². The Labute approximate surface area is 128 Å². The minimum atomic E-state index is -1.05. The van der Waals surface area contributed by atoms with E-state index in [2.05, 4.69) is 39.9 Å². The van der Waals surface area contributed by atoms with Crippen molar-refractivity contribution >= 4 is 11.9 Å². The molecule has 0 radical (unpaired) electrons. The zero-order valence-electron chi connectivity index (χ0n) is 14.2. The van der Waals surface area contributed by atoms with Gasteiger partial charge in [0.1, 0.15) is 5.54 Å². The molecular formula is C17H31NO3. The molecule has 4 nitrogen and oxygen atoms in total. The molecule has 0 aromatic heterocycles. The summed E-state index contributed by atoms with van der Waals surface area (Å²) in [6, 6.07) is 0. The summed E-state index contributed by atoms with van der Waals surface area (Å²) >= 11 is 0. The molecule has 0 saturated heterocycles. The lowest BCUT2D eigenvalue weighted by Gasteiger charge is -2.37. The molecule has 2 N–H and O–H groups in total. The molecule has 0 aromatic carbocycles. The topological polar surface area (TPSA) is 66.4 Å². The summed E-state index contributed by atoms with van der Waals surface area (Å²) in [7, 11) is 0. The second-order valence-electron chi connectivity index (χ2n) is 8.21. The van der Waals surface area contributed by atoms with Crippen molar-refractivity contribution in [1.29, 1.82) is 0 Å². The van der Waals surface area contributed by atoms with Crippen LogP contribution in [0.25, 0.3) is 0 Å². The lowest BCUT2D eigenvalue weighted by molar-refractivity contribution is -0.150. The summed E-state index contributed by atoms with van der Waals surface area (Å²) in [5.41, 5.74) is -0.861. The third kappa shape index (κ3) is 5.68. The maximum atomic E-state index is 12.2. The number of amides is 1. The predicted molar refractivity (Wildman–Crippen MR) is 84.0 cm³/mol. The summed E-state index contributed by atoms with van der Waals surface area (Å²) in [5, 5.41) is 12.4. The second kappa shape index (κ2) is 6.80. The highest BCUT2D eigenvalue weighted by atomic mass is 16.4. The van der Waals surface area contributed by atoms with Crippen molar-refractivity contribution in [2.75, 3.05) is 0 Å². The highest BCUT2D eigenvalue weighted by Crippen LogP contribution is 2.33. The number of carboxylic acid groups (broad SMARTS) is 1. The molecule has 0 aliphatic heterocycles. The van der Waals surface area contributed by atoms with Gasteiger partial charge in [0.2, 0.25) is 5.91 Å². The van der Waals surface area contributed by atoms with Gasteiger partial charge in [0.05, 0.1) is 0 Å². The van der Waals surface area contributed by atoms with E-state index in [9.17, 15) is 14.7 Å². The third-order valence-electron chi connectivity index (χ3n) is 4.28. The van der Waals surface area contributed by atoms with Gasteiger partial charge < -0.3 is 10.4 Å². The van der Waals surface area contributed by atoms with Gasteiger partial charge in [0, 0.05) is 6.42 Å². The molecule has 0 bridgehead atoms. The molecule has 0 aromatic rings. The molecule has 4 heteroatoms. The van der Waals surface area contributed by atoms with Crippen LogP contribution in [0, 0.1) is 17.3 Å². The summed E-state index contributed by atoms with van der Waals surface area (Å²) in [6.07, 6.45) is 4.36. The Morgan fingerprint density at radius 2 is 2.00 bits per heavy atom. The first-order valence-corrected chi connectivity index (χ1v) is 8.08. The number of hydrogen-bond acceptors (Lipinski definition) is 2. The van der Waals surface area contributed by atoms with E-state index in [1.54, 1.807) is 0 Å². The molecule has 3 unspecified atom stereocenters. The number of carboxylic acids is 1. The van der Waals surface area contributed by atoms with Gasteiger partial charge in [-0.1, -0.05) is 47.5 Å². The van der Waals surface area contributed by atoms with Crippen LogP contribution in [0.2, 0.25) is 0 Å². The van der Waals surface area contributed by atoms with Crippen molar-refractivity contribution in [1.82, 2.24) is 5.32 Å². The summed E-state index contributed by atoms with van der Waals surface area (Å²) < 4.78 is 0. The zero-order valence-corrected chi connectivity index (χ0v) is 14.2. The molecule has 1 aliphatic carbocycles. The van der Waals surface area contributed by atoms with E-state index in [0.717, 1.165) is 19.3 Å². The quantitative estimate of drug-likeness (QED) is 0.815. The fraction of sp³-hybridized carbons (Fsp3) is 0.882. The number of rotatable bonds is 5. The first-order chi connectivity index (χ1) is 9.54. The zero-order chi connectivity index (χ0) is 16.3. The average molecular weight is 297 g/mol. The van der Waals surface area contributed by atoms with E-state index >= 15 is 0 Å². The van der Waals surface area contributed by atoms with Crippen LogP contribution >= 0.6 is 0 Å². The van der Waals surface area contributed by atoms with Crippen LogP contribution in [-0.2, 0) is 9.59 Å². The number of aliphatic carboxylic acids is 1. The average Bonchev–Trinajstić information content (AvgIpc) is 2.24. The van der Waals surface area contributed by atoms with Crippen LogP contribution in [0.3, 0.4) is 0 Å². The van der Waals surface area contributed by atoms with E-state index in [1.807, 2.05) is 0 Å². The van der Waals surface area contributed by atoms with Gasteiger partial charge in [-0.2, -0.15) is 0 Å². The standard InChI is InChI=1S/C17H31NO3/c1-12-7-6-8-17(11-12,15(20)21)18-14(19)9-13(2)10-16(3,4)5/h12-13H,6-11H2,1-5H3,(H,18,19)(H,20,21). The minimum absolute atomic E-state index is 0.122. The summed E-state index contributed by atoms with van der Waals surface area (Å²) in [6.45, 7) is 10.6. The maximum Gasteiger partial charge on any atom is 0.329 e. The van der Waals surface area contributed by atoms with Crippen LogP contribution in [0.5, 0.6) is 0 Å². The molecule has 3 atom stereocenters. The smallest absolute Gasteiger partial charge is 0.329 e. The predicted octanol–water partition coefficient (Wildman–Crippen LogP) is 3.60. The molecular weight excluding hydrogens is 266 g/mol. The Balaban J connectivity index is 2.63. The Morgan fingerprint density at radius 1 is 1.38 bits per heavy atom. The SMILES string of the molecule is CC(CC(=O)NC1(C(=O)O)CCCC(C)C1)CC(C)(C)C. The van der Waals surface area contributed by atoms with Gasteiger partial charge in [-0.3, -0.25) is 4.79 Å². The Kier molecular flexibility index (Phi) is 5.83. The first kappa shape index (κ1) is 18.0.